The lowest BCUT2D eigenvalue weighted by atomic mass is 9.97. The number of aliphatic hydroxyl groups excluding tert-OH is 1. The molecule has 3 N–H and O–H groups in total. The highest BCUT2D eigenvalue weighted by Crippen LogP contribution is 2.39. The summed E-state index contributed by atoms with van der Waals surface area (Å²) in [7, 11) is 0. The molecule has 1 aliphatic carbocycles. The van der Waals surface area contributed by atoms with E-state index in [0.717, 1.165) is 24.0 Å². The van der Waals surface area contributed by atoms with Gasteiger partial charge in [-0.15, -0.1) is 0 Å². The molecule has 1 heterocycles. The summed E-state index contributed by atoms with van der Waals surface area (Å²) in [4.78, 5) is 16.7. The monoisotopic (exact) mass is 344 g/mol. The van der Waals surface area contributed by atoms with E-state index in [4.69, 9.17) is 4.52 Å². The number of carbonyl (C=O) groups excluding carboxylic acids is 1. The zero-order valence-corrected chi connectivity index (χ0v) is 14.8. The van der Waals surface area contributed by atoms with Crippen molar-refractivity contribution in [2.24, 2.45) is 5.92 Å². The standard InChI is InChI=1S/C18H24N4O3/c1-4-15-20-16(25-22-15)12-6-5-11(2)14(9-12)19-17(24)21-18(3,10-23)13-7-8-13/h5-6,9,13,23H,4,7-8,10H2,1-3H3,(H2,19,21,24). The van der Waals surface area contributed by atoms with Crippen molar-refractivity contribution in [1.29, 1.82) is 0 Å². The summed E-state index contributed by atoms with van der Waals surface area (Å²) in [5.74, 6) is 1.41. The van der Waals surface area contributed by atoms with E-state index in [2.05, 4.69) is 20.8 Å². The fourth-order valence-corrected chi connectivity index (χ4v) is 2.81. The third-order valence-corrected chi connectivity index (χ3v) is 4.72. The normalized spacial score (nSPS) is 16.3. The molecule has 0 spiro atoms. The van der Waals surface area contributed by atoms with Crippen molar-refractivity contribution >= 4 is 11.7 Å². The molecule has 1 unspecified atom stereocenters. The third-order valence-electron chi connectivity index (χ3n) is 4.72. The largest absolute Gasteiger partial charge is 0.394 e. The van der Waals surface area contributed by atoms with Crippen molar-refractivity contribution in [3.05, 3.63) is 29.6 Å². The number of hydrogen-bond donors (Lipinski definition) is 3. The number of nitrogens with one attached hydrogen (secondary N) is 2. The van der Waals surface area contributed by atoms with E-state index < -0.39 is 5.54 Å². The molecule has 25 heavy (non-hydrogen) atoms. The van der Waals surface area contributed by atoms with Gasteiger partial charge in [0.1, 0.15) is 0 Å². The number of benzene rings is 1. The van der Waals surface area contributed by atoms with E-state index in [1.54, 1.807) is 0 Å². The maximum atomic E-state index is 12.4. The first-order chi connectivity index (χ1) is 11.9. The Kier molecular flexibility index (Phi) is 4.76. The number of carbonyl (C=O) groups is 1. The van der Waals surface area contributed by atoms with E-state index in [0.29, 0.717) is 29.7 Å². The fourth-order valence-electron chi connectivity index (χ4n) is 2.81. The van der Waals surface area contributed by atoms with Crippen LogP contribution in [-0.4, -0.2) is 33.4 Å². The zero-order valence-electron chi connectivity index (χ0n) is 14.8. The van der Waals surface area contributed by atoms with Gasteiger partial charge in [-0.2, -0.15) is 4.98 Å². The molecule has 1 fully saturated rings. The zero-order chi connectivity index (χ0) is 18.0. The number of rotatable bonds is 6. The number of aliphatic hydroxyl groups is 1. The first-order valence-electron chi connectivity index (χ1n) is 8.59. The molecule has 0 saturated heterocycles. The van der Waals surface area contributed by atoms with Crippen LogP contribution in [0.25, 0.3) is 11.5 Å². The highest BCUT2D eigenvalue weighted by molar-refractivity contribution is 5.91. The van der Waals surface area contributed by atoms with Crippen LogP contribution in [0.15, 0.2) is 22.7 Å². The van der Waals surface area contributed by atoms with E-state index in [-0.39, 0.29) is 12.6 Å². The van der Waals surface area contributed by atoms with Crippen LogP contribution in [0.4, 0.5) is 10.5 Å². The molecule has 0 aliphatic heterocycles. The molecular weight excluding hydrogens is 320 g/mol. The Balaban J connectivity index is 1.75. The number of aromatic nitrogens is 2. The van der Waals surface area contributed by atoms with Gasteiger partial charge in [-0.25, -0.2) is 4.79 Å². The summed E-state index contributed by atoms with van der Waals surface area (Å²) in [6.07, 6.45) is 2.76. The molecule has 3 rings (SSSR count). The lowest BCUT2D eigenvalue weighted by Gasteiger charge is -2.29. The second-order valence-corrected chi connectivity index (χ2v) is 6.83. The molecular formula is C18H24N4O3. The molecule has 1 saturated carbocycles. The van der Waals surface area contributed by atoms with Gasteiger partial charge in [-0.1, -0.05) is 18.1 Å². The number of anilines is 1. The van der Waals surface area contributed by atoms with Crippen LogP contribution in [0.2, 0.25) is 0 Å². The Bertz CT molecular complexity index is 769. The number of urea groups is 1. The fraction of sp³-hybridized carbons (Fsp3) is 0.500. The van der Waals surface area contributed by atoms with Crippen LogP contribution in [0.3, 0.4) is 0 Å². The minimum atomic E-state index is -0.585. The van der Waals surface area contributed by atoms with Gasteiger partial charge in [0.15, 0.2) is 5.82 Å². The molecule has 1 atom stereocenters. The Morgan fingerprint density at radius 1 is 1.44 bits per heavy atom. The van der Waals surface area contributed by atoms with Crippen LogP contribution in [0.5, 0.6) is 0 Å². The summed E-state index contributed by atoms with van der Waals surface area (Å²) >= 11 is 0. The molecule has 1 aromatic heterocycles. The lowest BCUT2D eigenvalue weighted by molar-refractivity contribution is 0.159. The van der Waals surface area contributed by atoms with Crippen molar-refractivity contribution in [2.45, 2.75) is 45.6 Å². The van der Waals surface area contributed by atoms with Crippen LogP contribution in [0, 0.1) is 12.8 Å². The Hall–Kier alpha value is -2.41. The average Bonchev–Trinajstić information content (AvgIpc) is 3.35. The highest BCUT2D eigenvalue weighted by Gasteiger charge is 2.42. The third kappa shape index (κ3) is 3.82. The van der Waals surface area contributed by atoms with Crippen LogP contribution in [0.1, 0.15) is 38.1 Å². The van der Waals surface area contributed by atoms with Crippen LogP contribution >= 0.6 is 0 Å². The van der Waals surface area contributed by atoms with Crippen molar-refractivity contribution in [2.75, 3.05) is 11.9 Å². The Morgan fingerprint density at radius 3 is 2.80 bits per heavy atom. The van der Waals surface area contributed by atoms with Crippen molar-refractivity contribution in [3.63, 3.8) is 0 Å². The first-order valence-corrected chi connectivity index (χ1v) is 8.59. The van der Waals surface area contributed by atoms with Gasteiger partial charge in [0.25, 0.3) is 5.89 Å². The molecule has 7 nitrogen and oxygen atoms in total. The summed E-state index contributed by atoms with van der Waals surface area (Å²) < 4.78 is 5.26. The van der Waals surface area contributed by atoms with Crippen molar-refractivity contribution < 1.29 is 14.4 Å². The molecule has 2 amide bonds. The van der Waals surface area contributed by atoms with Gasteiger partial charge >= 0.3 is 6.03 Å². The SMILES string of the molecule is CCc1noc(-c2ccc(C)c(NC(=O)NC(C)(CO)C3CC3)c2)n1. The lowest BCUT2D eigenvalue weighted by Crippen LogP contribution is -2.52. The quantitative estimate of drug-likeness (QED) is 0.748. The Morgan fingerprint density at radius 2 is 2.20 bits per heavy atom. The summed E-state index contributed by atoms with van der Waals surface area (Å²) in [6, 6.07) is 5.26. The molecule has 7 heteroatoms. The van der Waals surface area contributed by atoms with Gasteiger partial charge in [0.05, 0.1) is 12.1 Å². The van der Waals surface area contributed by atoms with E-state index in [9.17, 15) is 9.90 Å². The molecule has 134 valence electrons. The summed E-state index contributed by atoms with van der Waals surface area (Å²) in [5.41, 5.74) is 1.76. The second-order valence-electron chi connectivity index (χ2n) is 6.83. The van der Waals surface area contributed by atoms with E-state index in [1.165, 1.54) is 0 Å². The highest BCUT2D eigenvalue weighted by atomic mass is 16.5. The van der Waals surface area contributed by atoms with Crippen LogP contribution < -0.4 is 10.6 Å². The predicted octanol–water partition coefficient (Wildman–Crippen LogP) is 2.89. The first kappa shape index (κ1) is 17.4. The van der Waals surface area contributed by atoms with Gasteiger partial charge in [0.2, 0.25) is 0 Å². The minimum absolute atomic E-state index is 0.0775. The van der Waals surface area contributed by atoms with Gasteiger partial charge in [-0.05, 0) is 50.3 Å². The van der Waals surface area contributed by atoms with E-state index in [1.807, 2.05) is 39.0 Å². The Labute approximate surface area is 146 Å². The molecule has 2 aromatic rings. The average molecular weight is 344 g/mol. The topological polar surface area (TPSA) is 100 Å². The van der Waals surface area contributed by atoms with Gasteiger partial charge in [-0.3, -0.25) is 0 Å². The summed E-state index contributed by atoms with van der Waals surface area (Å²) in [6.45, 7) is 5.67. The van der Waals surface area contributed by atoms with Crippen molar-refractivity contribution in [3.8, 4) is 11.5 Å². The maximum absolute atomic E-state index is 12.4. The number of nitrogens with zero attached hydrogens (tertiary/aromatic N) is 2. The maximum Gasteiger partial charge on any atom is 0.319 e. The smallest absolute Gasteiger partial charge is 0.319 e. The number of aryl methyl sites for hydroxylation is 2. The minimum Gasteiger partial charge on any atom is -0.394 e. The number of amides is 2. The number of hydrogen-bond acceptors (Lipinski definition) is 5. The van der Waals surface area contributed by atoms with Crippen LogP contribution in [-0.2, 0) is 6.42 Å². The molecule has 0 radical (unpaired) electrons. The molecule has 0 bridgehead atoms. The van der Waals surface area contributed by atoms with Gasteiger partial charge < -0.3 is 20.3 Å². The summed E-state index contributed by atoms with van der Waals surface area (Å²) in [5, 5.41) is 19.3. The molecule has 1 aliphatic rings. The molecule has 1 aromatic carbocycles. The predicted molar refractivity (Wildman–Crippen MR) is 94.2 cm³/mol. The second kappa shape index (κ2) is 6.84. The van der Waals surface area contributed by atoms with E-state index >= 15 is 0 Å². The van der Waals surface area contributed by atoms with Gasteiger partial charge in [0, 0.05) is 17.7 Å². The van der Waals surface area contributed by atoms with Crippen molar-refractivity contribution in [1.82, 2.24) is 15.5 Å².